The van der Waals surface area contributed by atoms with Gasteiger partial charge in [-0.2, -0.15) is 18.3 Å². The smallest absolute Gasteiger partial charge is 0.433 e. The highest BCUT2D eigenvalue weighted by Gasteiger charge is 2.39. The number of alkyl halides is 3. The number of halogens is 3. The minimum absolute atomic E-state index is 0.0105. The van der Waals surface area contributed by atoms with E-state index in [-0.39, 0.29) is 35.1 Å². The number of hydrogen-bond acceptors (Lipinski definition) is 7. The van der Waals surface area contributed by atoms with E-state index in [2.05, 4.69) is 28.1 Å². The number of fused-ring (bicyclic) bond motifs is 1. The van der Waals surface area contributed by atoms with Crippen LogP contribution in [0.2, 0.25) is 0 Å². The van der Waals surface area contributed by atoms with Crippen molar-refractivity contribution in [2.75, 3.05) is 39.9 Å². The monoisotopic (exact) mass is 587 g/mol. The number of thiophene rings is 1. The van der Waals surface area contributed by atoms with E-state index in [0.29, 0.717) is 42.0 Å². The number of amides is 1. The fourth-order valence-corrected chi connectivity index (χ4v) is 6.03. The molecule has 4 heterocycles. The molecule has 41 heavy (non-hydrogen) atoms. The first-order valence-corrected chi connectivity index (χ1v) is 13.8. The van der Waals surface area contributed by atoms with Crippen LogP contribution in [0.15, 0.2) is 55.1 Å². The van der Waals surface area contributed by atoms with Gasteiger partial charge in [-0.05, 0) is 55.1 Å². The van der Waals surface area contributed by atoms with Crippen LogP contribution >= 0.6 is 11.3 Å². The Bertz CT molecular complexity index is 1510. The molecule has 0 radical (unpaired) electrons. The molecule has 4 aromatic rings. The Hall–Kier alpha value is -3.74. The van der Waals surface area contributed by atoms with Crippen molar-refractivity contribution in [3.05, 3.63) is 82.3 Å². The molecule has 1 amide bonds. The number of methoxy groups -OCH3 is 1. The first-order chi connectivity index (χ1) is 19.6. The van der Waals surface area contributed by atoms with Crippen molar-refractivity contribution in [1.82, 2.24) is 24.4 Å². The van der Waals surface area contributed by atoms with Gasteiger partial charge >= 0.3 is 6.18 Å². The van der Waals surface area contributed by atoms with E-state index in [1.165, 1.54) is 14.0 Å². The van der Waals surface area contributed by atoms with Gasteiger partial charge in [0, 0.05) is 42.2 Å². The number of carbonyl (C=O) groups is 1. The average Bonchev–Trinajstić information content (AvgIpc) is 3.59. The number of piperazine rings is 1. The molecule has 1 fully saturated rings. The third kappa shape index (κ3) is 5.99. The van der Waals surface area contributed by atoms with E-state index >= 15 is 0 Å². The van der Waals surface area contributed by atoms with Gasteiger partial charge in [-0.3, -0.25) is 9.69 Å². The minimum atomic E-state index is -4.72. The predicted octanol–water partition coefficient (Wildman–Crippen LogP) is 5.40. The van der Waals surface area contributed by atoms with Crippen LogP contribution in [-0.4, -0.2) is 75.3 Å². The number of ether oxygens (including phenoxy) is 1. The molecule has 5 rings (SSSR count). The molecule has 0 unspecified atom stereocenters. The number of benzene rings is 1. The highest BCUT2D eigenvalue weighted by Crippen LogP contribution is 2.37. The van der Waals surface area contributed by atoms with Crippen molar-refractivity contribution in [1.29, 1.82) is 0 Å². The van der Waals surface area contributed by atoms with Crippen LogP contribution in [-0.2, 0) is 6.18 Å². The third-order valence-electron chi connectivity index (χ3n) is 7.04. The molecule has 0 saturated carbocycles. The van der Waals surface area contributed by atoms with Crippen molar-refractivity contribution < 1.29 is 27.8 Å². The van der Waals surface area contributed by atoms with Crippen molar-refractivity contribution >= 4 is 22.9 Å². The molecular weight excluding hydrogens is 555 g/mol. The lowest BCUT2D eigenvalue weighted by molar-refractivity contribution is -0.143. The first kappa shape index (κ1) is 30.2. The standard InChI is InChI=1S/C27H28F3N5O3S.C2H4/c1-16-12-22(39-15-16)21(14-36)33-8-10-34(11-9-33)26(37)20-13-31-35-24(27(28,29)30)17(2)23(32-25(20)35)18-4-6-19(38-3)7-5-18;1-2/h4-7,12-13,15,21,36H,8-11,14H2,1-3H3;1-2H2/t21-;/m1./s1. The Labute approximate surface area is 240 Å². The summed E-state index contributed by atoms with van der Waals surface area (Å²) in [6.45, 7) is 11.1. The van der Waals surface area contributed by atoms with E-state index < -0.39 is 17.8 Å². The number of rotatable bonds is 6. The number of aryl methyl sites for hydroxylation is 1. The Kier molecular flexibility index (Phi) is 9.15. The van der Waals surface area contributed by atoms with Gasteiger partial charge in [0.1, 0.15) is 11.3 Å². The Morgan fingerprint density at radius 2 is 1.80 bits per heavy atom. The van der Waals surface area contributed by atoms with Crippen molar-refractivity contribution in [2.45, 2.75) is 26.1 Å². The van der Waals surface area contributed by atoms with Crippen LogP contribution in [0.25, 0.3) is 16.9 Å². The molecule has 3 aromatic heterocycles. The summed E-state index contributed by atoms with van der Waals surface area (Å²) in [6, 6.07) is 8.45. The largest absolute Gasteiger partial charge is 0.497 e. The average molecular weight is 588 g/mol. The van der Waals surface area contributed by atoms with Crippen LogP contribution in [0.5, 0.6) is 5.75 Å². The van der Waals surface area contributed by atoms with E-state index in [1.807, 2.05) is 18.4 Å². The van der Waals surface area contributed by atoms with Crippen molar-refractivity contribution in [3.8, 4) is 17.0 Å². The molecule has 0 bridgehead atoms. The summed E-state index contributed by atoms with van der Waals surface area (Å²) in [7, 11) is 1.50. The van der Waals surface area contributed by atoms with Gasteiger partial charge in [0.15, 0.2) is 11.3 Å². The summed E-state index contributed by atoms with van der Waals surface area (Å²) < 4.78 is 48.5. The van der Waals surface area contributed by atoms with Crippen LogP contribution in [0.4, 0.5) is 13.2 Å². The number of aliphatic hydroxyl groups excluding tert-OH is 1. The Morgan fingerprint density at radius 1 is 1.15 bits per heavy atom. The van der Waals surface area contributed by atoms with Crippen LogP contribution in [0, 0.1) is 13.8 Å². The maximum Gasteiger partial charge on any atom is 0.433 e. The lowest BCUT2D eigenvalue weighted by atomic mass is 10.0. The second-order valence-electron chi connectivity index (χ2n) is 9.51. The van der Waals surface area contributed by atoms with E-state index in [1.54, 1.807) is 40.5 Å². The molecule has 0 aliphatic carbocycles. The van der Waals surface area contributed by atoms with Crippen LogP contribution in [0.1, 0.15) is 38.1 Å². The third-order valence-corrected chi connectivity index (χ3v) is 8.19. The zero-order valence-electron chi connectivity index (χ0n) is 23.1. The number of nitrogens with zero attached hydrogens (tertiary/aromatic N) is 5. The van der Waals surface area contributed by atoms with Crippen LogP contribution in [0.3, 0.4) is 0 Å². The summed E-state index contributed by atoms with van der Waals surface area (Å²) >= 11 is 1.59. The SMILES string of the molecule is C=C.COc1ccc(-c2nc3c(C(=O)N4CCN([C@H](CO)c5cc(C)cs5)CC4)cnn3c(C(F)(F)F)c2C)cc1. The number of aliphatic hydroxyl groups is 1. The lowest BCUT2D eigenvalue weighted by Crippen LogP contribution is -2.50. The minimum Gasteiger partial charge on any atom is -0.497 e. The van der Waals surface area contributed by atoms with E-state index in [0.717, 1.165) is 16.6 Å². The molecule has 0 spiro atoms. The van der Waals surface area contributed by atoms with Gasteiger partial charge in [-0.1, -0.05) is 0 Å². The Morgan fingerprint density at radius 3 is 2.34 bits per heavy atom. The molecule has 1 aromatic carbocycles. The molecule has 1 atom stereocenters. The van der Waals surface area contributed by atoms with Gasteiger partial charge in [-0.15, -0.1) is 24.5 Å². The van der Waals surface area contributed by atoms with Gasteiger partial charge in [-0.25, -0.2) is 9.50 Å². The summed E-state index contributed by atoms with van der Waals surface area (Å²) in [6.07, 6.45) is -3.56. The van der Waals surface area contributed by atoms with Crippen LogP contribution < -0.4 is 4.74 Å². The number of hydrogen-bond donors (Lipinski definition) is 1. The molecule has 1 aliphatic rings. The van der Waals surface area contributed by atoms with Gasteiger partial charge in [0.2, 0.25) is 0 Å². The fraction of sp³-hybridized carbons (Fsp3) is 0.345. The molecule has 1 N–H and O–H groups in total. The van der Waals surface area contributed by atoms with E-state index in [9.17, 15) is 23.1 Å². The molecule has 1 saturated heterocycles. The topological polar surface area (TPSA) is 83.2 Å². The van der Waals surface area contributed by atoms with Crippen molar-refractivity contribution in [2.24, 2.45) is 0 Å². The first-order valence-electron chi connectivity index (χ1n) is 12.9. The lowest BCUT2D eigenvalue weighted by Gasteiger charge is -2.38. The molecular formula is C29H32F3N5O3S. The molecule has 12 heteroatoms. The Balaban J connectivity index is 0.00000189. The van der Waals surface area contributed by atoms with Gasteiger partial charge in [0.05, 0.1) is 31.6 Å². The van der Waals surface area contributed by atoms with Gasteiger partial charge < -0.3 is 14.7 Å². The molecule has 1 aliphatic heterocycles. The summed E-state index contributed by atoms with van der Waals surface area (Å²) in [5, 5.41) is 16.0. The number of carbonyl (C=O) groups excluding carboxylic acids is 1. The quantitative estimate of drug-likeness (QED) is 0.305. The second-order valence-corrected chi connectivity index (χ2v) is 10.4. The summed E-state index contributed by atoms with van der Waals surface area (Å²) in [5.74, 6) is 0.132. The second kappa shape index (κ2) is 12.4. The summed E-state index contributed by atoms with van der Waals surface area (Å²) in [4.78, 5) is 22.8. The number of aromatic nitrogens is 3. The molecule has 218 valence electrons. The summed E-state index contributed by atoms with van der Waals surface area (Å²) in [5.41, 5.74) is 0.520. The maximum absolute atomic E-state index is 14.2. The highest BCUT2D eigenvalue weighted by molar-refractivity contribution is 7.10. The van der Waals surface area contributed by atoms with Gasteiger partial charge in [0.25, 0.3) is 5.91 Å². The van der Waals surface area contributed by atoms with E-state index in [4.69, 9.17) is 4.74 Å². The maximum atomic E-state index is 14.2. The zero-order valence-corrected chi connectivity index (χ0v) is 23.9. The predicted molar refractivity (Wildman–Crippen MR) is 152 cm³/mol. The van der Waals surface area contributed by atoms with Crippen molar-refractivity contribution in [3.63, 3.8) is 0 Å². The molecule has 8 nitrogen and oxygen atoms in total. The fourth-order valence-electron chi connectivity index (χ4n) is 5.01. The zero-order chi connectivity index (χ0) is 29.9. The highest BCUT2D eigenvalue weighted by atomic mass is 32.1. The normalized spacial score (nSPS) is 15.0.